The third-order valence-electron chi connectivity index (χ3n) is 3.72. The number of halogens is 1. The Morgan fingerprint density at radius 1 is 1.41 bits per heavy atom. The summed E-state index contributed by atoms with van der Waals surface area (Å²) in [6.45, 7) is 1.35. The zero-order valence-corrected chi connectivity index (χ0v) is 12.5. The predicted molar refractivity (Wildman–Crippen MR) is 80.8 cm³/mol. The molecule has 1 fully saturated rings. The average molecular weight is 323 g/mol. The van der Waals surface area contributed by atoms with Crippen LogP contribution < -0.4 is 5.73 Å². The van der Waals surface area contributed by atoms with Crippen LogP contribution in [0.5, 0.6) is 0 Å². The molecule has 0 saturated carbocycles. The molecule has 0 aliphatic carbocycles. The Kier molecular flexibility index (Phi) is 3.94. The van der Waals surface area contributed by atoms with Gasteiger partial charge in [0.05, 0.1) is 6.61 Å². The Balaban J connectivity index is 1.69. The molecule has 6 nitrogen and oxygen atoms in total. The third-order valence-corrected chi connectivity index (χ3v) is 3.96. The van der Waals surface area contributed by atoms with E-state index in [0.29, 0.717) is 23.7 Å². The quantitative estimate of drug-likeness (QED) is 0.941. The molecule has 1 aromatic carbocycles. The van der Waals surface area contributed by atoms with Gasteiger partial charge in [0.25, 0.3) is 5.91 Å². The summed E-state index contributed by atoms with van der Waals surface area (Å²) < 4.78 is 10.4. The summed E-state index contributed by atoms with van der Waals surface area (Å²) in [6, 6.07) is 6.90. The number of nitrogens with zero attached hydrogens (tertiary/aromatic N) is 1. The molecule has 22 heavy (non-hydrogen) atoms. The molecule has 2 amide bonds. The number of ether oxygens (including phenoxy) is 1. The monoisotopic (exact) mass is 322 g/mol. The number of nitrogens with two attached hydrogens (primary N) is 1. The van der Waals surface area contributed by atoms with E-state index in [2.05, 4.69) is 0 Å². The second-order valence-electron chi connectivity index (χ2n) is 5.33. The molecule has 2 aromatic rings. The first kappa shape index (κ1) is 14.7. The highest BCUT2D eigenvalue weighted by Gasteiger charge is 2.29. The summed E-state index contributed by atoms with van der Waals surface area (Å²) in [6.07, 6.45) is -0.0237. The standard InChI is InChI=1S/C15H15ClN2O4/c16-11-1-2-12-10(5-11)6-13(22-12)14(19)18-4-3-9(7-18)8-21-15(17)20/h1-2,5-6,9H,3-4,7-8H2,(H2,17,20). The lowest BCUT2D eigenvalue weighted by molar-refractivity contribution is 0.0750. The van der Waals surface area contributed by atoms with Crippen LogP contribution >= 0.6 is 11.6 Å². The fourth-order valence-corrected chi connectivity index (χ4v) is 2.81. The zero-order valence-electron chi connectivity index (χ0n) is 11.8. The second kappa shape index (κ2) is 5.88. The molecule has 2 N–H and O–H groups in total. The normalized spacial score (nSPS) is 17.9. The average Bonchev–Trinajstić information content (AvgIpc) is 3.10. The fourth-order valence-electron chi connectivity index (χ4n) is 2.63. The minimum atomic E-state index is -0.793. The van der Waals surface area contributed by atoms with E-state index in [1.165, 1.54) is 0 Å². The van der Waals surface area contributed by atoms with Gasteiger partial charge in [0.1, 0.15) is 5.58 Å². The van der Waals surface area contributed by atoms with Gasteiger partial charge in [-0.25, -0.2) is 4.79 Å². The molecule has 1 saturated heterocycles. The second-order valence-corrected chi connectivity index (χ2v) is 5.77. The smallest absolute Gasteiger partial charge is 0.404 e. The summed E-state index contributed by atoms with van der Waals surface area (Å²) in [4.78, 5) is 24.8. The van der Waals surface area contributed by atoms with Crippen LogP contribution in [0, 0.1) is 5.92 Å². The van der Waals surface area contributed by atoms with Crippen molar-refractivity contribution in [3.8, 4) is 0 Å². The van der Waals surface area contributed by atoms with Crippen molar-refractivity contribution < 1.29 is 18.7 Å². The van der Waals surface area contributed by atoms with Gasteiger partial charge >= 0.3 is 6.09 Å². The number of furan rings is 1. The van der Waals surface area contributed by atoms with E-state index in [9.17, 15) is 9.59 Å². The molecule has 1 aliphatic heterocycles. The third kappa shape index (κ3) is 3.01. The van der Waals surface area contributed by atoms with E-state index in [1.807, 2.05) is 0 Å². The Hall–Kier alpha value is -2.21. The molecular weight excluding hydrogens is 308 g/mol. The molecule has 2 heterocycles. The summed E-state index contributed by atoms with van der Waals surface area (Å²) in [5.74, 6) is 0.220. The van der Waals surface area contributed by atoms with Gasteiger partial charge in [-0.2, -0.15) is 0 Å². The largest absolute Gasteiger partial charge is 0.451 e. The van der Waals surface area contributed by atoms with Gasteiger partial charge in [-0.1, -0.05) is 11.6 Å². The lowest BCUT2D eigenvalue weighted by Crippen LogP contribution is -2.29. The first-order valence-electron chi connectivity index (χ1n) is 6.93. The number of benzene rings is 1. The van der Waals surface area contributed by atoms with Crippen molar-refractivity contribution in [2.75, 3.05) is 19.7 Å². The molecule has 7 heteroatoms. The molecule has 1 atom stereocenters. The molecular formula is C15H15ClN2O4. The van der Waals surface area contributed by atoms with Crippen molar-refractivity contribution in [1.29, 1.82) is 0 Å². The number of hydrogen-bond acceptors (Lipinski definition) is 4. The molecule has 0 bridgehead atoms. The van der Waals surface area contributed by atoms with Crippen LogP contribution in [0.3, 0.4) is 0 Å². The van der Waals surface area contributed by atoms with Crippen LogP contribution in [0.15, 0.2) is 28.7 Å². The number of likely N-dealkylation sites (tertiary alicyclic amines) is 1. The van der Waals surface area contributed by atoms with Crippen molar-refractivity contribution in [3.05, 3.63) is 35.0 Å². The highest BCUT2D eigenvalue weighted by molar-refractivity contribution is 6.31. The molecule has 3 rings (SSSR count). The Morgan fingerprint density at radius 2 is 2.23 bits per heavy atom. The molecule has 0 radical (unpaired) electrons. The van der Waals surface area contributed by atoms with Crippen molar-refractivity contribution in [2.45, 2.75) is 6.42 Å². The molecule has 0 spiro atoms. The molecule has 1 unspecified atom stereocenters. The van der Waals surface area contributed by atoms with Crippen molar-refractivity contribution in [3.63, 3.8) is 0 Å². The van der Waals surface area contributed by atoms with Crippen LogP contribution in [-0.4, -0.2) is 36.6 Å². The van der Waals surface area contributed by atoms with Gasteiger partial charge in [0.15, 0.2) is 5.76 Å². The molecule has 1 aliphatic rings. The Labute approximate surface area is 131 Å². The zero-order chi connectivity index (χ0) is 15.7. The Bertz CT molecular complexity index is 727. The van der Waals surface area contributed by atoms with E-state index < -0.39 is 6.09 Å². The number of carbonyl (C=O) groups excluding carboxylic acids is 2. The number of primary amides is 1. The maximum atomic E-state index is 12.5. The number of carbonyl (C=O) groups is 2. The van der Waals surface area contributed by atoms with Crippen molar-refractivity contribution in [1.82, 2.24) is 4.90 Å². The van der Waals surface area contributed by atoms with Crippen LogP contribution in [-0.2, 0) is 4.74 Å². The van der Waals surface area contributed by atoms with Gasteiger partial charge < -0.3 is 19.8 Å². The van der Waals surface area contributed by atoms with Crippen molar-refractivity contribution in [2.24, 2.45) is 11.7 Å². The van der Waals surface area contributed by atoms with Crippen LogP contribution in [0.2, 0.25) is 5.02 Å². The number of hydrogen-bond donors (Lipinski definition) is 1. The maximum Gasteiger partial charge on any atom is 0.404 e. The number of amides is 2. The fraction of sp³-hybridized carbons (Fsp3) is 0.333. The highest BCUT2D eigenvalue weighted by Crippen LogP contribution is 2.25. The van der Waals surface area contributed by atoms with Gasteiger partial charge in [-0.15, -0.1) is 0 Å². The lowest BCUT2D eigenvalue weighted by atomic mass is 10.1. The van der Waals surface area contributed by atoms with E-state index in [1.54, 1.807) is 29.2 Å². The summed E-state index contributed by atoms with van der Waals surface area (Å²) in [5, 5.41) is 1.39. The van der Waals surface area contributed by atoms with Gasteiger partial charge in [0, 0.05) is 29.4 Å². The highest BCUT2D eigenvalue weighted by atomic mass is 35.5. The van der Waals surface area contributed by atoms with Crippen LogP contribution in [0.1, 0.15) is 17.0 Å². The number of fused-ring (bicyclic) bond motifs is 1. The van der Waals surface area contributed by atoms with Crippen LogP contribution in [0.4, 0.5) is 4.79 Å². The van der Waals surface area contributed by atoms with E-state index >= 15 is 0 Å². The van der Waals surface area contributed by atoms with Gasteiger partial charge in [0.2, 0.25) is 0 Å². The first-order chi connectivity index (χ1) is 10.5. The summed E-state index contributed by atoms with van der Waals surface area (Å²) in [7, 11) is 0. The van der Waals surface area contributed by atoms with E-state index in [0.717, 1.165) is 11.8 Å². The minimum Gasteiger partial charge on any atom is -0.451 e. The van der Waals surface area contributed by atoms with Crippen LogP contribution in [0.25, 0.3) is 11.0 Å². The predicted octanol–water partition coefficient (Wildman–Crippen LogP) is 2.64. The SMILES string of the molecule is NC(=O)OCC1CCN(C(=O)c2cc3cc(Cl)ccc3o2)C1. The first-order valence-corrected chi connectivity index (χ1v) is 7.31. The summed E-state index contributed by atoms with van der Waals surface area (Å²) in [5.41, 5.74) is 5.57. The molecule has 116 valence electrons. The van der Waals surface area contributed by atoms with Gasteiger partial charge in [-0.3, -0.25) is 4.79 Å². The molecule has 1 aromatic heterocycles. The minimum absolute atomic E-state index is 0.107. The van der Waals surface area contributed by atoms with Crippen molar-refractivity contribution >= 4 is 34.6 Å². The van der Waals surface area contributed by atoms with E-state index in [-0.39, 0.29) is 24.2 Å². The van der Waals surface area contributed by atoms with Gasteiger partial charge in [-0.05, 0) is 30.7 Å². The summed E-state index contributed by atoms with van der Waals surface area (Å²) >= 11 is 5.93. The number of rotatable bonds is 3. The van der Waals surface area contributed by atoms with E-state index in [4.69, 9.17) is 26.5 Å². The maximum absolute atomic E-state index is 12.5. The Morgan fingerprint density at radius 3 is 3.00 bits per heavy atom. The lowest BCUT2D eigenvalue weighted by Gasteiger charge is -2.14. The topological polar surface area (TPSA) is 85.8 Å².